The van der Waals surface area contributed by atoms with Crippen molar-refractivity contribution in [1.29, 1.82) is 0 Å². The number of rotatable bonds is 4. The van der Waals surface area contributed by atoms with Crippen molar-refractivity contribution >= 4 is 11.8 Å². The molecule has 1 fully saturated rings. The second-order valence-electron chi connectivity index (χ2n) is 5.48. The summed E-state index contributed by atoms with van der Waals surface area (Å²) in [5.41, 5.74) is -1.12. The Labute approximate surface area is 116 Å². The lowest BCUT2D eigenvalue weighted by Gasteiger charge is -2.46. The molecule has 1 heterocycles. The van der Waals surface area contributed by atoms with E-state index in [2.05, 4.69) is 5.32 Å². The Hall–Kier alpha value is -1.27. The fourth-order valence-electron chi connectivity index (χ4n) is 2.52. The van der Waals surface area contributed by atoms with Gasteiger partial charge in [-0.15, -0.1) is 0 Å². The van der Waals surface area contributed by atoms with Gasteiger partial charge in [0, 0.05) is 6.04 Å². The maximum Gasteiger partial charge on any atom is 0.391 e. The van der Waals surface area contributed by atoms with Gasteiger partial charge in [-0.25, -0.2) is 0 Å². The van der Waals surface area contributed by atoms with E-state index in [0.717, 1.165) is 4.90 Å². The molecule has 0 aromatic heterocycles. The van der Waals surface area contributed by atoms with Crippen LogP contribution in [0.1, 0.15) is 47.0 Å². The van der Waals surface area contributed by atoms with E-state index in [9.17, 15) is 22.8 Å². The van der Waals surface area contributed by atoms with Crippen molar-refractivity contribution in [3.05, 3.63) is 0 Å². The van der Waals surface area contributed by atoms with E-state index in [0.29, 0.717) is 12.8 Å². The van der Waals surface area contributed by atoms with Gasteiger partial charge in [0.2, 0.25) is 11.8 Å². The summed E-state index contributed by atoms with van der Waals surface area (Å²) in [4.78, 5) is 25.6. The van der Waals surface area contributed by atoms with E-state index >= 15 is 0 Å². The molecule has 1 saturated heterocycles. The standard InChI is InChI=1S/C13H21F3N2O2/c1-5-9-10(19)17-12(4,6-2)11(20)18(9)8(3)7-13(14,15)16/h8-9H,5-7H2,1-4H3,(H,17,19). The predicted octanol–water partition coefficient (Wildman–Crippen LogP) is 2.23. The molecule has 0 aromatic rings. The maximum atomic E-state index is 12.6. The van der Waals surface area contributed by atoms with Crippen molar-refractivity contribution in [2.75, 3.05) is 0 Å². The molecule has 0 aromatic carbocycles. The zero-order valence-corrected chi connectivity index (χ0v) is 12.2. The number of halogens is 3. The lowest BCUT2D eigenvalue weighted by molar-refractivity contribution is -0.169. The molecule has 20 heavy (non-hydrogen) atoms. The van der Waals surface area contributed by atoms with Gasteiger partial charge in [0.25, 0.3) is 0 Å². The zero-order valence-electron chi connectivity index (χ0n) is 12.2. The SMILES string of the molecule is CCC1C(=O)NC(C)(CC)C(=O)N1C(C)CC(F)(F)F. The number of alkyl halides is 3. The quantitative estimate of drug-likeness (QED) is 0.864. The molecule has 1 aliphatic heterocycles. The summed E-state index contributed by atoms with van der Waals surface area (Å²) in [5, 5.41) is 2.63. The summed E-state index contributed by atoms with van der Waals surface area (Å²) in [5.74, 6) is -0.825. The largest absolute Gasteiger partial charge is 0.391 e. The van der Waals surface area contributed by atoms with Crippen molar-refractivity contribution in [3.63, 3.8) is 0 Å². The molecule has 4 nitrogen and oxygen atoms in total. The Morgan fingerprint density at radius 3 is 2.30 bits per heavy atom. The van der Waals surface area contributed by atoms with Gasteiger partial charge in [-0.1, -0.05) is 13.8 Å². The molecule has 0 saturated carbocycles. The van der Waals surface area contributed by atoms with Gasteiger partial charge in [0.05, 0.1) is 6.42 Å². The highest BCUT2D eigenvalue weighted by molar-refractivity contribution is 5.99. The molecule has 3 atom stereocenters. The first-order valence-electron chi connectivity index (χ1n) is 6.77. The molecule has 1 N–H and O–H groups in total. The second-order valence-corrected chi connectivity index (χ2v) is 5.48. The predicted molar refractivity (Wildman–Crippen MR) is 67.9 cm³/mol. The van der Waals surface area contributed by atoms with Crippen LogP contribution in [0.25, 0.3) is 0 Å². The molecule has 3 unspecified atom stereocenters. The third kappa shape index (κ3) is 3.24. The van der Waals surface area contributed by atoms with Crippen LogP contribution >= 0.6 is 0 Å². The number of carbonyl (C=O) groups excluding carboxylic acids is 2. The highest BCUT2D eigenvalue weighted by Gasteiger charge is 2.49. The van der Waals surface area contributed by atoms with Crippen molar-refractivity contribution < 1.29 is 22.8 Å². The Bertz CT molecular complexity index is 398. The number of hydrogen-bond acceptors (Lipinski definition) is 2. The number of piperazine rings is 1. The van der Waals surface area contributed by atoms with Crippen LogP contribution in [0.5, 0.6) is 0 Å². The average Bonchev–Trinajstić information content (AvgIpc) is 2.30. The van der Waals surface area contributed by atoms with Crippen LogP contribution in [-0.4, -0.2) is 40.5 Å². The summed E-state index contributed by atoms with van der Waals surface area (Å²) in [6.07, 6.45) is -4.85. The lowest BCUT2D eigenvalue weighted by Crippen LogP contribution is -2.70. The second kappa shape index (κ2) is 5.61. The summed E-state index contributed by atoms with van der Waals surface area (Å²) >= 11 is 0. The van der Waals surface area contributed by atoms with Crippen LogP contribution in [0.4, 0.5) is 13.2 Å². The zero-order chi connectivity index (χ0) is 15.7. The summed E-state index contributed by atoms with van der Waals surface area (Å²) in [6.45, 7) is 6.28. The van der Waals surface area contributed by atoms with Crippen molar-refractivity contribution in [3.8, 4) is 0 Å². The molecule has 2 amide bonds. The summed E-state index contributed by atoms with van der Waals surface area (Å²) < 4.78 is 37.7. The molecule has 7 heteroatoms. The van der Waals surface area contributed by atoms with E-state index in [-0.39, 0.29) is 5.91 Å². The van der Waals surface area contributed by atoms with Gasteiger partial charge < -0.3 is 10.2 Å². The molecule has 0 bridgehead atoms. The third-order valence-electron chi connectivity index (χ3n) is 3.84. The van der Waals surface area contributed by atoms with E-state index in [1.807, 2.05) is 0 Å². The number of nitrogens with one attached hydrogen (secondary N) is 1. The lowest BCUT2D eigenvalue weighted by atomic mass is 9.89. The first kappa shape index (κ1) is 16.8. The smallest absolute Gasteiger partial charge is 0.340 e. The first-order valence-corrected chi connectivity index (χ1v) is 6.77. The van der Waals surface area contributed by atoms with Gasteiger partial charge in [-0.2, -0.15) is 13.2 Å². The minimum Gasteiger partial charge on any atom is -0.340 e. The summed E-state index contributed by atoms with van der Waals surface area (Å²) in [7, 11) is 0. The van der Waals surface area contributed by atoms with Gasteiger partial charge in [0.15, 0.2) is 0 Å². The van der Waals surface area contributed by atoms with Crippen LogP contribution in [0.3, 0.4) is 0 Å². The average molecular weight is 294 g/mol. The Balaban J connectivity index is 3.09. The minimum atomic E-state index is -4.37. The Kier molecular flexibility index (Phi) is 4.71. The van der Waals surface area contributed by atoms with Crippen LogP contribution in [0, 0.1) is 0 Å². The van der Waals surface area contributed by atoms with Crippen LogP contribution in [0.2, 0.25) is 0 Å². The molecule has 0 aliphatic carbocycles. The minimum absolute atomic E-state index is 0.291. The van der Waals surface area contributed by atoms with Gasteiger partial charge >= 0.3 is 6.18 Å². The number of carbonyl (C=O) groups is 2. The van der Waals surface area contributed by atoms with Gasteiger partial charge in [-0.05, 0) is 26.7 Å². The highest BCUT2D eigenvalue weighted by Crippen LogP contribution is 2.30. The fourth-order valence-corrected chi connectivity index (χ4v) is 2.52. The maximum absolute atomic E-state index is 12.6. The molecule has 1 aliphatic rings. The number of hydrogen-bond donors (Lipinski definition) is 1. The topological polar surface area (TPSA) is 49.4 Å². The normalized spacial score (nSPS) is 29.4. The van der Waals surface area contributed by atoms with E-state index in [1.54, 1.807) is 20.8 Å². The molecular weight excluding hydrogens is 273 g/mol. The van der Waals surface area contributed by atoms with Crippen molar-refractivity contribution in [2.45, 2.75) is 70.8 Å². The van der Waals surface area contributed by atoms with Crippen molar-refractivity contribution in [2.24, 2.45) is 0 Å². The Morgan fingerprint density at radius 1 is 1.35 bits per heavy atom. The molecule has 116 valence electrons. The number of nitrogens with zero attached hydrogens (tertiary/aromatic N) is 1. The van der Waals surface area contributed by atoms with Crippen molar-refractivity contribution in [1.82, 2.24) is 10.2 Å². The number of amides is 2. The molecule has 1 rings (SSSR count). The monoisotopic (exact) mass is 294 g/mol. The molecular formula is C13H21F3N2O2. The van der Waals surface area contributed by atoms with Crippen LogP contribution in [-0.2, 0) is 9.59 Å². The van der Waals surface area contributed by atoms with E-state index in [1.165, 1.54) is 6.92 Å². The molecule has 0 radical (unpaired) electrons. The van der Waals surface area contributed by atoms with Crippen LogP contribution < -0.4 is 5.32 Å². The fraction of sp³-hybridized carbons (Fsp3) is 0.846. The molecule has 0 spiro atoms. The third-order valence-corrected chi connectivity index (χ3v) is 3.84. The van der Waals surface area contributed by atoms with Gasteiger partial charge in [0.1, 0.15) is 11.6 Å². The van der Waals surface area contributed by atoms with E-state index < -0.39 is 36.1 Å². The van der Waals surface area contributed by atoms with Crippen LogP contribution in [0.15, 0.2) is 0 Å². The first-order chi connectivity index (χ1) is 9.05. The van der Waals surface area contributed by atoms with E-state index in [4.69, 9.17) is 0 Å². The Morgan fingerprint density at radius 2 is 1.90 bits per heavy atom. The summed E-state index contributed by atoms with van der Waals surface area (Å²) in [6, 6.07) is -1.89. The highest BCUT2D eigenvalue weighted by atomic mass is 19.4. The van der Waals surface area contributed by atoms with Gasteiger partial charge in [-0.3, -0.25) is 9.59 Å².